The number of amides is 2. The van der Waals surface area contributed by atoms with Gasteiger partial charge in [0.25, 0.3) is 11.8 Å². The zero-order valence-electron chi connectivity index (χ0n) is 22.1. The predicted octanol–water partition coefficient (Wildman–Crippen LogP) is 4.98. The van der Waals surface area contributed by atoms with Gasteiger partial charge in [0.05, 0.1) is 19.1 Å². The highest BCUT2D eigenvalue weighted by atomic mass is 16.4. The molecule has 40 heavy (non-hydrogen) atoms. The molecule has 2 amide bonds. The van der Waals surface area contributed by atoms with Crippen molar-refractivity contribution in [1.82, 2.24) is 10.2 Å². The molecule has 4 aromatic rings. The molecule has 0 fully saturated rings. The number of hydrogen-bond donors (Lipinski definition) is 3. The van der Waals surface area contributed by atoms with Crippen LogP contribution in [-0.4, -0.2) is 52.6 Å². The number of carboxylic acid groups (broad SMARTS) is 1. The normalized spacial score (nSPS) is 11.4. The average molecular weight is 537 g/mol. The summed E-state index contributed by atoms with van der Waals surface area (Å²) in [6.45, 7) is 0.140. The minimum atomic E-state index is -0.982. The molecular formula is C33H32N2O5. The molecule has 0 aliphatic carbocycles. The van der Waals surface area contributed by atoms with E-state index in [1.165, 1.54) is 0 Å². The second kappa shape index (κ2) is 13.9. The van der Waals surface area contributed by atoms with E-state index in [0.717, 1.165) is 11.1 Å². The van der Waals surface area contributed by atoms with Crippen molar-refractivity contribution in [3.8, 4) is 11.1 Å². The van der Waals surface area contributed by atoms with Crippen molar-refractivity contribution in [2.45, 2.75) is 18.9 Å². The van der Waals surface area contributed by atoms with E-state index in [9.17, 15) is 24.6 Å². The zero-order chi connectivity index (χ0) is 28.3. The predicted molar refractivity (Wildman–Crippen MR) is 154 cm³/mol. The Labute approximate surface area is 233 Å². The largest absolute Gasteiger partial charge is 0.481 e. The van der Waals surface area contributed by atoms with Crippen molar-refractivity contribution in [1.29, 1.82) is 0 Å². The third-order valence-corrected chi connectivity index (χ3v) is 6.71. The molecule has 0 aliphatic rings. The summed E-state index contributed by atoms with van der Waals surface area (Å²) in [5.41, 5.74) is 3.69. The number of rotatable bonds is 12. The van der Waals surface area contributed by atoms with E-state index in [1.54, 1.807) is 53.4 Å². The number of nitrogens with zero attached hydrogens (tertiary/aromatic N) is 1. The van der Waals surface area contributed by atoms with E-state index in [1.807, 2.05) is 60.7 Å². The summed E-state index contributed by atoms with van der Waals surface area (Å²) in [6, 6.07) is 32.4. The molecule has 7 nitrogen and oxygen atoms in total. The van der Waals surface area contributed by atoms with E-state index in [2.05, 4.69) is 5.32 Å². The van der Waals surface area contributed by atoms with Crippen molar-refractivity contribution in [3.63, 3.8) is 0 Å². The van der Waals surface area contributed by atoms with Crippen LogP contribution in [-0.2, 0) is 11.2 Å². The number of carbonyl (C=O) groups excluding carboxylic acids is 2. The van der Waals surface area contributed by atoms with Crippen molar-refractivity contribution in [3.05, 3.63) is 131 Å². The van der Waals surface area contributed by atoms with Crippen molar-refractivity contribution in [2.75, 3.05) is 19.7 Å². The molecule has 1 atom stereocenters. The molecule has 4 aromatic carbocycles. The van der Waals surface area contributed by atoms with Crippen LogP contribution in [0.25, 0.3) is 11.1 Å². The molecule has 3 N–H and O–H groups in total. The van der Waals surface area contributed by atoms with Crippen LogP contribution in [0.4, 0.5) is 0 Å². The molecule has 7 heteroatoms. The average Bonchev–Trinajstić information content (AvgIpc) is 3.00. The second-order valence-corrected chi connectivity index (χ2v) is 9.38. The first-order chi connectivity index (χ1) is 19.5. The number of nitrogens with one attached hydrogen (secondary N) is 1. The monoisotopic (exact) mass is 536 g/mol. The van der Waals surface area contributed by atoms with Crippen LogP contribution in [0.5, 0.6) is 0 Å². The van der Waals surface area contributed by atoms with Gasteiger partial charge in [0.15, 0.2) is 0 Å². The molecule has 0 heterocycles. The van der Waals surface area contributed by atoms with Crippen LogP contribution in [0.1, 0.15) is 44.3 Å². The van der Waals surface area contributed by atoms with E-state index < -0.39 is 12.0 Å². The summed E-state index contributed by atoms with van der Waals surface area (Å²) in [5.74, 6) is -1.67. The molecule has 0 saturated heterocycles. The number of carbonyl (C=O) groups is 3. The maximum Gasteiger partial charge on any atom is 0.305 e. The van der Waals surface area contributed by atoms with Gasteiger partial charge < -0.3 is 20.4 Å². The molecule has 0 bridgehead atoms. The fourth-order valence-corrected chi connectivity index (χ4v) is 4.60. The molecule has 0 saturated carbocycles. The lowest BCUT2D eigenvalue weighted by molar-refractivity contribution is -0.137. The van der Waals surface area contributed by atoms with Crippen LogP contribution >= 0.6 is 0 Å². The molecule has 0 aromatic heterocycles. The maximum atomic E-state index is 13.9. The fraction of sp³-hybridized carbons (Fsp3) is 0.182. The number of aliphatic hydroxyl groups is 1. The van der Waals surface area contributed by atoms with Gasteiger partial charge in [-0.05, 0) is 40.8 Å². The van der Waals surface area contributed by atoms with Crippen LogP contribution in [0, 0.1) is 0 Å². The van der Waals surface area contributed by atoms with Gasteiger partial charge in [-0.25, -0.2) is 0 Å². The maximum absolute atomic E-state index is 13.9. The Kier molecular flexibility index (Phi) is 9.80. The molecule has 0 radical (unpaired) electrons. The highest BCUT2D eigenvalue weighted by Gasteiger charge is 2.23. The van der Waals surface area contributed by atoms with Crippen LogP contribution < -0.4 is 5.32 Å². The van der Waals surface area contributed by atoms with Gasteiger partial charge in [0.2, 0.25) is 0 Å². The number of aliphatic hydroxyl groups excluding tert-OH is 1. The molecule has 4 rings (SSSR count). The minimum Gasteiger partial charge on any atom is -0.481 e. The van der Waals surface area contributed by atoms with Gasteiger partial charge in [0.1, 0.15) is 0 Å². The Hall–Kier alpha value is -4.75. The third-order valence-electron chi connectivity index (χ3n) is 6.71. The molecular weight excluding hydrogens is 504 g/mol. The summed E-state index contributed by atoms with van der Waals surface area (Å²) in [6.07, 6.45) is 0.402. The number of aliphatic carboxylic acids is 1. The van der Waals surface area contributed by atoms with E-state index >= 15 is 0 Å². The number of benzene rings is 4. The van der Waals surface area contributed by atoms with Crippen molar-refractivity contribution in [2.24, 2.45) is 0 Å². The summed E-state index contributed by atoms with van der Waals surface area (Å²) in [7, 11) is 0. The summed E-state index contributed by atoms with van der Waals surface area (Å²) < 4.78 is 0. The summed E-state index contributed by atoms with van der Waals surface area (Å²) in [5, 5.41) is 22.2. The quantitative estimate of drug-likeness (QED) is 0.237. The Morgan fingerprint density at radius 2 is 1.25 bits per heavy atom. The smallest absolute Gasteiger partial charge is 0.305 e. The van der Waals surface area contributed by atoms with Gasteiger partial charge in [0, 0.05) is 24.2 Å². The van der Waals surface area contributed by atoms with Gasteiger partial charge in [-0.3, -0.25) is 14.4 Å². The standard InChI is InChI=1S/C33H32N2O5/c36-23-30(25-13-5-2-6-14-25)34-32(39)28-17-9-7-15-26(28)27-16-8-10-18-29(27)33(40)35(22-20-31(37)38)21-19-24-11-3-1-4-12-24/h1-18,30,36H,19-23H2,(H,34,39)(H,37,38). The highest BCUT2D eigenvalue weighted by Crippen LogP contribution is 2.29. The van der Waals surface area contributed by atoms with Gasteiger partial charge in [-0.1, -0.05) is 97.1 Å². The Morgan fingerprint density at radius 3 is 1.88 bits per heavy atom. The van der Waals surface area contributed by atoms with E-state index in [-0.39, 0.29) is 31.4 Å². The summed E-state index contributed by atoms with van der Waals surface area (Å²) in [4.78, 5) is 40.2. The van der Waals surface area contributed by atoms with Gasteiger partial charge in [-0.2, -0.15) is 0 Å². The second-order valence-electron chi connectivity index (χ2n) is 9.38. The van der Waals surface area contributed by atoms with Gasteiger partial charge in [-0.15, -0.1) is 0 Å². The Bertz CT molecular complexity index is 1440. The molecule has 0 aliphatic heterocycles. The number of carboxylic acids is 1. The highest BCUT2D eigenvalue weighted by molar-refractivity contribution is 6.06. The topological polar surface area (TPSA) is 107 Å². The van der Waals surface area contributed by atoms with Crippen molar-refractivity contribution < 1.29 is 24.6 Å². The number of hydrogen-bond acceptors (Lipinski definition) is 4. The first-order valence-electron chi connectivity index (χ1n) is 13.2. The van der Waals surface area contributed by atoms with Gasteiger partial charge >= 0.3 is 5.97 Å². The third kappa shape index (κ3) is 7.21. The van der Waals surface area contributed by atoms with Crippen LogP contribution in [0.3, 0.4) is 0 Å². The molecule has 0 spiro atoms. The fourth-order valence-electron chi connectivity index (χ4n) is 4.60. The molecule has 204 valence electrons. The van der Waals surface area contributed by atoms with Crippen LogP contribution in [0.2, 0.25) is 0 Å². The SMILES string of the molecule is O=C(O)CCN(CCc1ccccc1)C(=O)c1ccccc1-c1ccccc1C(=O)NC(CO)c1ccccc1. The minimum absolute atomic E-state index is 0.0622. The van der Waals surface area contributed by atoms with E-state index in [0.29, 0.717) is 35.2 Å². The zero-order valence-corrected chi connectivity index (χ0v) is 22.1. The lowest BCUT2D eigenvalue weighted by atomic mass is 9.94. The lowest BCUT2D eigenvalue weighted by Crippen LogP contribution is -2.35. The first kappa shape index (κ1) is 28.3. The summed E-state index contributed by atoms with van der Waals surface area (Å²) >= 11 is 0. The Balaban J connectivity index is 1.64. The Morgan fingerprint density at radius 1 is 0.700 bits per heavy atom. The molecule has 1 unspecified atom stereocenters. The van der Waals surface area contributed by atoms with Crippen LogP contribution in [0.15, 0.2) is 109 Å². The lowest BCUT2D eigenvalue weighted by Gasteiger charge is -2.24. The van der Waals surface area contributed by atoms with Crippen molar-refractivity contribution >= 4 is 17.8 Å². The first-order valence-corrected chi connectivity index (χ1v) is 13.2. The van der Waals surface area contributed by atoms with E-state index in [4.69, 9.17) is 0 Å².